The van der Waals surface area contributed by atoms with Crippen molar-refractivity contribution in [3.63, 3.8) is 0 Å². The molecule has 0 saturated heterocycles. The molecule has 0 aromatic rings. The van der Waals surface area contributed by atoms with Crippen LogP contribution in [-0.4, -0.2) is 37.7 Å². The normalized spacial score (nSPS) is 17.6. The molecule has 0 amide bonds. The molecule has 4 nitrogen and oxygen atoms in total. The lowest BCUT2D eigenvalue weighted by Gasteiger charge is -2.36. The first-order valence-electron chi connectivity index (χ1n) is 5.19. The van der Waals surface area contributed by atoms with Gasteiger partial charge in [-0.15, -0.1) is 0 Å². The molecule has 20 heavy (non-hydrogen) atoms. The molecule has 0 saturated carbocycles. The second-order valence-electron chi connectivity index (χ2n) is 4.80. The van der Waals surface area contributed by atoms with Crippen LogP contribution < -0.4 is 0 Å². The van der Waals surface area contributed by atoms with Gasteiger partial charge in [0, 0.05) is 16.7 Å². The highest BCUT2D eigenvalue weighted by Crippen LogP contribution is 2.48. The Bertz CT molecular complexity index is 381. The molecule has 0 rings (SSSR count). The SMILES string of the molecule is CC(C)(C(Br)CC(F)(Br)C(F)(F)F)C(C(=O)O)C(=O)O. The number of aliphatic carboxylic acids is 2. The summed E-state index contributed by atoms with van der Waals surface area (Å²) in [7, 11) is 0. The van der Waals surface area contributed by atoms with Gasteiger partial charge in [0.05, 0.1) is 0 Å². The van der Waals surface area contributed by atoms with E-state index in [1.807, 2.05) is 15.9 Å². The fourth-order valence-electron chi connectivity index (χ4n) is 1.53. The molecule has 2 N–H and O–H groups in total. The molecule has 2 unspecified atom stereocenters. The summed E-state index contributed by atoms with van der Waals surface area (Å²) in [5.41, 5.74) is -1.66. The average molecular weight is 432 g/mol. The molecule has 10 heteroatoms. The van der Waals surface area contributed by atoms with Gasteiger partial charge < -0.3 is 10.2 Å². The quantitative estimate of drug-likeness (QED) is 0.383. The van der Waals surface area contributed by atoms with Crippen molar-refractivity contribution < 1.29 is 37.4 Å². The monoisotopic (exact) mass is 430 g/mol. The van der Waals surface area contributed by atoms with Crippen LogP contribution in [-0.2, 0) is 9.59 Å². The third kappa shape index (κ3) is 4.31. The smallest absolute Gasteiger partial charge is 0.432 e. The predicted octanol–water partition coefficient (Wildman–Crippen LogP) is 3.57. The summed E-state index contributed by atoms with van der Waals surface area (Å²) in [6, 6.07) is 0. The average Bonchev–Trinajstić information content (AvgIpc) is 2.12. The van der Waals surface area contributed by atoms with Crippen molar-refractivity contribution in [3.05, 3.63) is 0 Å². The number of hydrogen-bond acceptors (Lipinski definition) is 2. The largest absolute Gasteiger partial charge is 0.481 e. The minimum atomic E-state index is -5.21. The zero-order chi connectivity index (χ0) is 16.5. The molecular formula is C10H12Br2F4O4. The fourth-order valence-corrected chi connectivity index (χ4v) is 3.00. The van der Waals surface area contributed by atoms with Crippen LogP contribution in [0.2, 0.25) is 0 Å². The maximum Gasteiger partial charge on any atom is 0.432 e. The topological polar surface area (TPSA) is 74.6 Å². The number of rotatable bonds is 6. The van der Waals surface area contributed by atoms with Gasteiger partial charge in [0.1, 0.15) is 0 Å². The number of hydrogen-bond donors (Lipinski definition) is 2. The molecule has 0 bridgehead atoms. The van der Waals surface area contributed by atoms with Crippen LogP contribution in [0.15, 0.2) is 0 Å². The standard InChI is InChI=1S/C10H12Br2F4O4/c1-8(2,5(6(17)18)7(19)20)4(11)3-9(12,13)10(14,15)16/h4-5H,3H2,1-2H3,(H,17,18)(H,19,20). The number of carbonyl (C=O) groups is 2. The van der Waals surface area contributed by atoms with Crippen LogP contribution >= 0.6 is 31.9 Å². The lowest BCUT2D eigenvalue weighted by atomic mass is 9.74. The second-order valence-corrected chi connectivity index (χ2v) is 7.17. The Morgan fingerprint density at radius 2 is 1.45 bits per heavy atom. The zero-order valence-electron chi connectivity index (χ0n) is 10.3. The zero-order valence-corrected chi connectivity index (χ0v) is 13.5. The minimum absolute atomic E-state index is 1.14. The van der Waals surface area contributed by atoms with E-state index in [9.17, 15) is 27.2 Å². The Kier molecular flexibility index (Phi) is 6.05. The molecule has 0 fully saturated rings. The molecule has 0 aromatic carbocycles. The Morgan fingerprint density at radius 3 is 1.70 bits per heavy atom. The van der Waals surface area contributed by atoms with Gasteiger partial charge in [-0.05, 0) is 15.9 Å². The molecule has 0 aromatic heterocycles. The highest BCUT2D eigenvalue weighted by Gasteiger charge is 2.57. The van der Waals surface area contributed by atoms with Gasteiger partial charge >= 0.3 is 18.1 Å². The van der Waals surface area contributed by atoms with Crippen LogP contribution in [0.25, 0.3) is 0 Å². The van der Waals surface area contributed by atoms with Gasteiger partial charge in [-0.3, -0.25) is 9.59 Å². The summed E-state index contributed by atoms with van der Waals surface area (Å²) >= 11 is 4.67. The first kappa shape index (κ1) is 19.6. The van der Waals surface area contributed by atoms with Gasteiger partial charge in [0.15, 0.2) is 5.92 Å². The van der Waals surface area contributed by atoms with Crippen molar-refractivity contribution >= 4 is 43.8 Å². The molecule has 0 radical (unpaired) electrons. The van der Waals surface area contributed by atoms with Gasteiger partial charge in [-0.1, -0.05) is 29.8 Å². The van der Waals surface area contributed by atoms with Crippen LogP contribution in [0.5, 0.6) is 0 Å². The van der Waals surface area contributed by atoms with Crippen molar-refractivity contribution in [2.75, 3.05) is 0 Å². The number of halogens is 6. The van der Waals surface area contributed by atoms with E-state index in [4.69, 9.17) is 10.2 Å². The van der Waals surface area contributed by atoms with Crippen molar-refractivity contribution in [1.29, 1.82) is 0 Å². The summed E-state index contributed by atoms with van der Waals surface area (Å²) < 4.78 is 47.0. The first-order valence-corrected chi connectivity index (χ1v) is 6.89. The number of alkyl halides is 6. The summed E-state index contributed by atoms with van der Waals surface area (Å²) in [6.45, 7) is 2.28. The maximum absolute atomic E-state index is 13.5. The molecule has 2 atom stereocenters. The summed E-state index contributed by atoms with van der Waals surface area (Å²) in [5, 5.41) is 17.7. The van der Waals surface area contributed by atoms with Crippen molar-refractivity contribution in [2.45, 2.75) is 35.8 Å². The molecule has 0 spiro atoms. The van der Waals surface area contributed by atoms with Gasteiger partial charge in [-0.25, -0.2) is 4.39 Å². The highest BCUT2D eigenvalue weighted by atomic mass is 79.9. The number of carboxylic acid groups (broad SMARTS) is 2. The van der Waals surface area contributed by atoms with E-state index in [1.165, 1.54) is 0 Å². The number of carboxylic acids is 2. The van der Waals surface area contributed by atoms with E-state index in [1.54, 1.807) is 0 Å². The molecule has 0 aliphatic rings. The lowest BCUT2D eigenvalue weighted by Crippen LogP contribution is -2.46. The fraction of sp³-hybridized carbons (Fsp3) is 0.800. The van der Waals surface area contributed by atoms with Crippen LogP contribution in [0.3, 0.4) is 0 Å². The van der Waals surface area contributed by atoms with Crippen molar-refractivity contribution in [3.8, 4) is 0 Å². The first-order chi connectivity index (χ1) is 8.64. The van der Waals surface area contributed by atoms with Crippen molar-refractivity contribution in [2.24, 2.45) is 11.3 Å². The second kappa shape index (κ2) is 6.17. The van der Waals surface area contributed by atoms with E-state index >= 15 is 0 Å². The Balaban J connectivity index is 5.32. The van der Waals surface area contributed by atoms with E-state index in [2.05, 4.69) is 15.9 Å². The van der Waals surface area contributed by atoms with E-state index in [0.717, 1.165) is 13.8 Å². The van der Waals surface area contributed by atoms with Crippen LogP contribution in [0.4, 0.5) is 17.6 Å². The molecule has 0 aliphatic heterocycles. The molecule has 0 aliphatic carbocycles. The van der Waals surface area contributed by atoms with E-state index < -0.39 is 45.3 Å². The van der Waals surface area contributed by atoms with E-state index in [-0.39, 0.29) is 0 Å². The van der Waals surface area contributed by atoms with Crippen LogP contribution in [0.1, 0.15) is 20.3 Å². The van der Waals surface area contributed by atoms with Crippen LogP contribution in [0, 0.1) is 11.3 Å². The Labute approximate surface area is 128 Å². The lowest BCUT2D eigenvalue weighted by molar-refractivity contribution is -0.195. The Morgan fingerprint density at radius 1 is 1.10 bits per heavy atom. The summed E-state index contributed by atoms with van der Waals surface area (Å²) in [4.78, 5) is 20.5. The summed E-state index contributed by atoms with van der Waals surface area (Å²) in [6.07, 6.45) is -6.39. The van der Waals surface area contributed by atoms with Gasteiger partial charge in [-0.2, -0.15) is 13.2 Å². The Hall–Kier alpha value is -0.380. The highest BCUT2D eigenvalue weighted by molar-refractivity contribution is 9.10. The van der Waals surface area contributed by atoms with E-state index in [0.29, 0.717) is 0 Å². The maximum atomic E-state index is 13.5. The molecule has 118 valence electrons. The minimum Gasteiger partial charge on any atom is -0.481 e. The predicted molar refractivity (Wildman–Crippen MR) is 68.7 cm³/mol. The molecular weight excluding hydrogens is 420 g/mol. The third-order valence-corrected chi connectivity index (χ3v) is 5.17. The van der Waals surface area contributed by atoms with Gasteiger partial charge in [0.25, 0.3) is 4.58 Å². The summed E-state index contributed by atoms with van der Waals surface area (Å²) in [5.74, 6) is -5.40. The van der Waals surface area contributed by atoms with Gasteiger partial charge in [0.2, 0.25) is 0 Å². The molecule has 0 heterocycles. The third-order valence-electron chi connectivity index (χ3n) is 2.90. The van der Waals surface area contributed by atoms with Crippen molar-refractivity contribution in [1.82, 2.24) is 0 Å².